The highest BCUT2D eigenvalue weighted by atomic mass is 32.1. The van der Waals surface area contributed by atoms with Gasteiger partial charge in [-0.1, -0.05) is 31.0 Å². The number of hydrogen-bond donors (Lipinski definition) is 1. The van der Waals surface area contributed by atoms with Crippen LogP contribution in [0.25, 0.3) is 0 Å². The molecule has 19 heavy (non-hydrogen) atoms. The maximum absolute atomic E-state index is 5.40. The Hall–Kier alpha value is -1.62. The van der Waals surface area contributed by atoms with E-state index in [4.69, 9.17) is 12.2 Å². The summed E-state index contributed by atoms with van der Waals surface area (Å²) in [6, 6.07) is 10.7. The number of benzene rings is 1. The van der Waals surface area contributed by atoms with Gasteiger partial charge in [0, 0.05) is 18.8 Å². The maximum atomic E-state index is 5.40. The normalized spacial score (nSPS) is 15.8. The lowest BCUT2D eigenvalue weighted by Crippen LogP contribution is -2.17. The van der Waals surface area contributed by atoms with Crippen molar-refractivity contribution in [1.29, 1.82) is 0 Å². The van der Waals surface area contributed by atoms with Crippen LogP contribution in [0, 0.1) is 4.77 Å². The van der Waals surface area contributed by atoms with Gasteiger partial charge in [0.25, 0.3) is 0 Å². The monoisotopic (exact) mass is 274 g/mol. The minimum Gasteiger partial charge on any atom is -0.314 e. The molecule has 0 amide bonds. The highest BCUT2D eigenvalue weighted by Crippen LogP contribution is 2.33. The minimum atomic E-state index is 0.493. The van der Waals surface area contributed by atoms with E-state index in [1.165, 1.54) is 25.7 Å². The zero-order chi connectivity index (χ0) is 13.2. The Morgan fingerprint density at radius 2 is 1.95 bits per heavy atom. The molecule has 3 rings (SSSR count). The fourth-order valence-corrected chi connectivity index (χ4v) is 3.07. The summed E-state index contributed by atoms with van der Waals surface area (Å²) in [6.07, 6.45) is 4.96. The predicted molar refractivity (Wildman–Crippen MR) is 79.4 cm³/mol. The maximum Gasteiger partial charge on any atom is 0.230 e. The third kappa shape index (κ3) is 2.30. The molecular weight excluding hydrogens is 256 g/mol. The molecule has 0 radical (unpaired) electrons. The van der Waals surface area contributed by atoms with Gasteiger partial charge in [-0.05, 0) is 37.2 Å². The van der Waals surface area contributed by atoms with Gasteiger partial charge in [-0.3, -0.25) is 4.57 Å². The number of aromatic amines is 1. The molecular formula is C14H18N4S. The largest absolute Gasteiger partial charge is 0.314 e. The molecule has 2 aromatic rings. The lowest BCUT2D eigenvalue weighted by molar-refractivity contribution is 0.513. The quantitative estimate of drug-likeness (QED) is 0.864. The fraction of sp³-hybridized carbons (Fsp3) is 0.429. The first-order valence-electron chi connectivity index (χ1n) is 6.73. The zero-order valence-corrected chi connectivity index (χ0v) is 11.9. The van der Waals surface area contributed by atoms with Crippen molar-refractivity contribution in [2.24, 2.45) is 0 Å². The molecule has 1 N–H and O–H groups in total. The summed E-state index contributed by atoms with van der Waals surface area (Å²) in [4.78, 5) is 2.09. The molecule has 4 nitrogen and oxygen atoms in total. The topological polar surface area (TPSA) is 36.9 Å². The summed E-state index contributed by atoms with van der Waals surface area (Å²) in [7, 11) is 2.03. The van der Waals surface area contributed by atoms with Gasteiger partial charge in [0.15, 0.2) is 4.77 Å². The first-order chi connectivity index (χ1) is 9.27. The van der Waals surface area contributed by atoms with Crippen molar-refractivity contribution < 1.29 is 0 Å². The minimum absolute atomic E-state index is 0.493. The Morgan fingerprint density at radius 3 is 2.63 bits per heavy atom. The van der Waals surface area contributed by atoms with Gasteiger partial charge in [-0.15, -0.1) is 5.10 Å². The molecule has 0 atom stereocenters. The molecule has 1 aromatic heterocycles. The molecule has 5 heteroatoms. The van der Waals surface area contributed by atoms with Gasteiger partial charge in [0.05, 0.1) is 0 Å². The van der Waals surface area contributed by atoms with Crippen LogP contribution in [0.2, 0.25) is 0 Å². The third-order valence-corrected chi connectivity index (χ3v) is 4.11. The summed E-state index contributed by atoms with van der Waals surface area (Å²) in [5.41, 5.74) is 1.12. The molecule has 1 heterocycles. The van der Waals surface area contributed by atoms with E-state index in [0.717, 1.165) is 16.4 Å². The molecule has 1 saturated carbocycles. The van der Waals surface area contributed by atoms with Crippen LogP contribution in [0.3, 0.4) is 0 Å². The van der Waals surface area contributed by atoms with Gasteiger partial charge < -0.3 is 4.90 Å². The van der Waals surface area contributed by atoms with Crippen molar-refractivity contribution in [3.05, 3.63) is 35.1 Å². The van der Waals surface area contributed by atoms with Crippen molar-refractivity contribution in [3.8, 4) is 0 Å². The number of rotatable bonds is 3. The second-order valence-electron chi connectivity index (χ2n) is 5.03. The Kier molecular flexibility index (Phi) is 3.38. The van der Waals surface area contributed by atoms with Crippen LogP contribution in [0.15, 0.2) is 30.3 Å². The zero-order valence-electron chi connectivity index (χ0n) is 11.0. The summed E-state index contributed by atoms with van der Waals surface area (Å²) in [5, 5.41) is 7.35. The molecule has 0 aliphatic heterocycles. The van der Waals surface area contributed by atoms with Gasteiger partial charge in [0.1, 0.15) is 0 Å². The number of para-hydroxylation sites is 1. The summed E-state index contributed by atoms with van der Waals surface area (Å²) < 4.78 is 2.90. The Labute approximate surface area is 118 Å². The number of nitrogens with one attached hydrogen (secondary N) is 1. The molecule has 1 aromatic carbocycles. The highest BCUT2D eigenvalue weighted by Gasteiger charge is 2.23. The standard InChI is InChI=1S/C14H18N4S/c1-17(11-7-3-2-4-8-11)13-15-16-14(19)18(13)12-9-5-6-10-12/h2-4,7-8,12H,5-6,9-10H2,1H3,(H,16,19). The predicted octanol–water partition coefficient (Wildman–Crippen LogP) is 3.82. The average Bonchev–Trinajstić information content (AvgIpc) is 3.08. The van der Waals surface area contributed by atoms with Crippen molar-refractivity contribution in [1.82, 2.24) is 14.8 Å². The number of nitrogens with zero attached hydrogens (tertiary/aromatic N) is 3. The van der Waals surface area contributed by atoms with Crippen LogP contribution in [-0.4, -0.2) is 21.8 Å². The number of H-pyrrole nitrogens is 1. The molecule has 1 aliphatic carbocycles. The van der Waals surface area contributed by atoms with Crippen LogP contribution in [-0.2, 0) is 0 Å². The molecule has 0 spiro atoms. The highest BCUT2D eigenvalue weighted by molar-refractivity contribution is 7.71. The Morgan fingerprint density at radius 1 is 1.26 bits per heavy atom. The SMILES string of the molecule is CN(c1ccccc1)c1n[nH]c(=S)n1C1CCCC1. The van der Waals surface area contributed by atoms with Crippen molar-refractivity contribution in [2.75, 3.05) is 11.9 Å². The van der Waals surface area contributed by atoms with Gasteiger partial charge in [-0.2, -0.15) is 0 Å². The van der Waals surface area contributed by atoms with E-state index < -0.39 is 0 Å². The lowest BCUT2D eigenvalue weighted by Gasteiger charge is -2.21. The van der Waals surface area contributed by atoms with Crippen LogP contribution in [0.1, 0.15) is 31.7 Å². The summed E-state index contributed by atoms with van der Waals surface area (Å²) >= 11 is 5.40. The number of anilines is 2. The van der Waals surface area contributed by atoms with Crippen molar-refractivity contribution in [3.63, 3.8) is 0 Å². The van der Waals surface area contributed by atoms with Crippen molar-refractivity contribution >= 4 is 23.9 Å². The Balaban J connectivity index is 1.99. The van der Waals surface area contributed by atoms with Gasteiger partial charge in [-0.25, -0.2) is 5.10 Å². The van der Waals surface area contributed by atoms with Gasteiger partial charge >= 0.3 is 0 Å². The second kappa shape index (κ2) is 5.17. The first-order valence-corrected chi connectivity index (χ1v) is 7.14. The fourth-order valence-electron chi connectivity index (χ4n) is 2.79. The van der Waals surface area contributed by atoms with E-state index in [0.29, 0.717) is 6.04 Å². The van der Waals surface area contributed by atoms with E-state index in [9.17, 15) is 0 Å². The molecule has 100 valence electrons. The van der Waals surface area contributed by atoms with Crippen LogP contribution < -0.4 is 4.90 Å². The summed E-state index contributed by atoms with van der Waals surface area (Å²) in [5.74, 6) is 0.906. The van der Waals surface area contributed by atoms with Crippen LogP contribution >= 0.6 is 12.2 Å². The van der Waals surface area contributed by atoms with Crippen molar-refractivity contribution in [2.45, 2.75) is 31.7 Å². The Bertz CT molecular complexity index is 595. The third-order valence-electron chi connectivity index (χ3n) is 3.82. The summed E-state index contributed by atoms with van der Waals surface area (Å²) in [6.45, 7) is 0. The number of hydrogen-bond acceptors (Lipinski definition) is 3. The van der Waals surface area contributed by atoms with E-state index in [1.54, 1.807) is 0 Å². The molecule has 0 saturated heterocycles. The second-order valence-corrected chi connectivity index (χ2v) is 5.42. The number of aromatic nitrogens is 3. The molecule has 1 aliphatic rings. The molecule has 1 fully saturated rings. The smallest absolute Gasteiger partial charge is 0.230 e. The molecule has 0 bridgehead atoms. The van der Waals surface area contributed by atoms with Crippen LogP contribution in [0.5, 0.6) is 0 Å². The van der Waals surface area contributed by atoms with E-state index >= 15 is 0 Å². The van der Waals surface area contributed by atoms with E-state index in [-0.39, 0.29) is 0 Å². The average molecular weight is 274 g/mol. The molecule has 0 unspecified atom stereocenters. The van der Waals surface area contributed by atoms with E-state index in [2.05, 4.69) is 31.8 Å². The van der Waals surface area contributed by atoms with E-state index in [1.807, 2.05) is 25.2 Å². The lowest BCUT2D eigenvalue weighted by atomic mass is 10.2. The van der Waals surface area contributed by atoms with Crippen LogP contribution in [0.4, 0.5) is 11.6 Å². The first kappa shape index (κ1) is 12.4. The van der Waals surface area contributed by atoms with Gasteiger partial charge in [0.2, 0.25) is 5.95 Å².